The number of hydrogen-bond donors (Lipinski definition) is 3. The minimum Gasteiger partial charge on any atom is -0.383 e. The fraction of sp³-hybridized carbons (Fsp3) is 0.533. The van der Waals surface area contributed by atoms with E-state index in [1.165, 1.54) is 0 Å². The minimum absolute atomic E-state index is 0.250. The van der Waals surface area contributed by atoms with Crippen LogP contribution in [0, 0.1) is 0 Å². The van der Waals surface area contributed by atoms with E-state index in [9.17, 15) is 5.11 Å². The lowest BCUT2D eigenvalue weighted by molar-refractivity contribution is 0.0423. The van der Waals surface area contributed by atoms with Crippen molar-refractivity contribution < 1.29 is 5.11 Å². The number of guanidine groups is 1. The molecule has 0 saturated carbocycles. The zero-order valence-corrected chi connectivity index (χ0v) is 13.9. The molecule has 0 aliphatic heterocycles. The molecular weight excluding hydrogens is 318 g/mol. The van der Waals surface area contributed by atoms with Crippen LogP contribution in [0.1, 0.15) is 39.2 Å². The Hall–Kier alpha value is -1.07. The van der Waals surface area contributed by atoms with E-state index in [-0.39, 0.29) is 12.6 Å². The zero-order valence-electron chi connectivity index (χ0n) is 12.4. The van der Waals surface area contributed by atoms with E-state index < -0.39 is 5.60 Å². The molecule has 0 aliphatic rings. The van der Waals surface area contributed by atoms with E-state index in [1.54, 1.807) is 0 Å². The summed E-state index contributed by atoms with van der Waals surface area (Å²) < 4.78 is 0.987. The first-order valence-corrected chi connectivity index (χ1v) is 7.75. The van der Waals surface area contributed by atoms with Crippen molar-refractivity contribution in [3.05, 3.63) is 34.3 Å². The first-order valence-electron chi connectivity index (χ1n) is 6.96. The number of aliphatic hydroxyl groups is 1. The highest BCUT2D eigenvalue weighted by atomic mass is 79.9. The summed E-state index contributed by atoms with van der Waals surface area (Å²) in [6, 6.07) is 7.92. The van der Waals surface area contributed by atoms with E-state index in [4.69, 9.17) is 5.73 Å². The molecule has 0 heterocycles. The molecule has 2 unspecified atom stereocenters. The van der Waals surface area contributed by atoms with Crippen LogP contribution in [0.2, 0.25) is 0 Å². The molecule has 4 N–H and O–H groups in total. The Morgan fingerprint density at radius 1 is 1.40 bits per heavy atom. The Balaban J connectivity index is 2.79. The van der Waals surface area contributed by atoms with Crippen LogP contribution in [-0.4, -0.2) is 23.7 Å². The molecule has 0 spiro atoms. The van der Waals surface area contributed by atoms with E-state index >= 15 is 0 Å². The number of aliphatic imine (C=N–C) groups is 1. The molecule has 0 aliphatic carbocycles. The van der Waals surface area contributed by atoms with Gasteiger partial charge in [-0.15, -0.1) is 0 Å². The number of nitrogens with one attached hydrogen (secondary N) is 1. The van der Waals surface area contributed by atoms with Crippen molar-refractivity contribution in [2.24, 2.45) is 10.7 Å². The van der Waals surface area contributed by atoms with E-state index in [0.717, 1.165) is 16.5 Å². The van der Waals surface area contributed by atoms with Crippen LogP contribution in [0.25, 0.3) is 0 Å². The van der Waals surface area contributed by atoms with Crippen molar-refractivity contribution in [2.45, 2.75) is 45.3 Å². The average Bonchev–Trinajstić information content (AvgIpc) is 2.45. The molecule has 1 aromatic carbocycles. The standard InChI is InChI=1S/C15H24BrN3O/c1-4-11(3)19-14(17)18-10-15(20,5-2)12-6-8-13(16)9-7-12/h6-9,11,20H,4-5,10H2,1-3H3,(H3,17,18,19). The van der Waals surface area contributed by atoms with Gasteiger partial charge in [0, 0.05) is 10.5 Å². The van der Waals surface area contributed by atoms with Crippen LogP contribution in [0.3, 0.4) is 0 Å². The maximum absolute atomic E-state index is 10.7. The number of hydrogen-bond acceptors (Lipinski definition) is 2. The Labute approximate surface area is 129 Å². The normalized spacial score (nSPS) is 16.6. The summed E-state index contributed by atoms with van der Waals surface area (Å²) in [5.41, 5.74) is 5.70. The second-order valence-corrected chi connectivity index (χ2v) is 5.96. The fourth-order valence-corrected chi connectivity index (χ4v) is 2.05. The molecular formula is C15H24BrN3O. The molecule has 4 nitrogen and oxygen atoms in total. The summed E-state index contributed by atoms with van der Waals surface area (Å²) in [4.78, 5) is 4.28. The Morgan fingerprint density at radius 3 is 2.50 bits per heavy atom. The highest BCUT2D eigenvalue weighted by molar-refractivity contribution is 9.10. The second-order valence-electron chi connectivity index (χ2n) is 5.05. The maximum Gasteiger partial charge on any atom is 0.188 e. The van der Waals surface area contributed by atoms with Crippen molar-refractivity contribution in [2.75, 3.05) is 6.54 Å². The molecule has 0 amide bonds. The molecule has 0 radical (unpaired) electrons. The Kier molecular flexibility index (Phi) is 6.49. The van der Waals surface area contributed by atoms with Crippen molar-refractivity contribution in [3.63, 3.8) is 0 Å². The van der Waals surface area contributed by atoms with E-state index in [0.29, 0.717) is 12.4 Å². The smallest absolute Gasteiger partial charge is 0.188 e. The summed E-state index contributed by atoms with van der Waals surface area (Å²) in [6.45, 7) is 6.31. The quantitative estimate of drug-likeness (QED) is 0.550. The Bertz CT molecular complexity index is 447. The van der Waals surface area contributed by atoms with Gasteiger partial charge in [0.25, 0.3) is 0 Å². The molecule has 0 saturated heterocycles. The van der Waals surface area contributed by atoms with Gasteiger partial charge in [-0.2, -0.15) is 0 Å². The van der Waals surface area contributed by atoms with Gasteiger partial charge in [-0.1, -0.05) is 41.9 Å². The van der Waals surface area contributed by atoms with Crippen LogP contribution < -0.4 is 11.1 Å². The lowest BCUT2D eigenvalue weighted by atomic mass is 9.91. The van der Waals surface area contributed by atoms with Crippen LogP contribution in [0.15, 0.2) is 33.7 Å². The molecule has 1 aromatic rings. The number of rotatable bonds is 6. The van der Waals surface area contributed by atoms with Gasteiger partial charge < -0.3 is 16.2 Å². The highest BCUT2D eigenvalue weighted by Crippen LogP contribution is 2.26. The van der Waals surface area contributed by atoms with Gasteiger partial charge in [-0.05, 0) is 37.5 Å². The summed E-state index contributed by atoms with van der Waals surface area (Å²) in [6.07, 6.45) is 1.55. The average molecular weight is 342 g/mol. The van der Waals surface area contributed by atoms with Crippen LogP contribution in [0.4, 0.5) is 0 Å². The number of nitrogens with two attached hydrogens (primary N) is 1. The first-order chi connectivity index (χ1) is 9.41. The Morgan fingerprint density at radius 2 is 2.00 bits per heavy atom. The van der Waals surface area contributed by atoms with E-state index in [1.807, 2.05) is 38.1 Å². The third-order valence-electron chi connectivity index (χ3n) is 3.48. The molecule has 0 bridgehead atoms. The maximum atomic E-state index is 10.7. The van der Waals surface area contributed by atoms with Crippen LogP contribution in [-0.2, 0) is 5.60 Å². The number of halogens is 1. The van der Waals surface area contributed by atoms with Gasteiger partial charge in [0.2, 0.25) is 0 Å². The van der Waals surface area contributed by atoms with Crippen molar-refractivity contribution >= 4 is 21.9 Å². The first kappa shape index (κ1) is 17.0. The lowest BCUT2D eigenvalue weighted by Crippen LogP contribution is -2.39. The molecule has 2 atom stereocenters. The van der Waals surface area contributed by atoms with Crippen molar-refractivity contribution in [3.8, 4) is 0 Å². The monoisotopic (exact) mass is 341 g/mol. The highest BCUT2D eigenvalue weighted by Gasteiger charge is 2.26. The molecule has 0 fully saturated rings. The third-order valence-corrected chi connectivity index (χ3v) is 4.01. The van der Waals surface area contributed by atoms with Crippen LogP contribution >= 0.6 is 15.9 Å². The van der Waals surface area contributed by atoms with E-state index in [2.05, 4.69) is 33.2 Å². The second kappa shape index (κ2) is 7.64. The largest absolute Gasteiger partial charge is 0.383 e. The summed E-state index contributed by atoms with van der Waals surface area (Å²) in [5, 5.41) is 13.8. The molecule has 5 heteroatoms. The number of nitrogens with zero attached hydrogens (tertiary/aromatic N) is 1. The zero-order chi connectivity index (χ0) is 15.2. The van der Waals surface area contributed by atoms with Gasteiger partial charge in [0.05, 0.1) is 6.54 Å². The fourth-order valence-electron chi connectivity index (χ4n) is 1.78. The summed E-state index contributed by atoms with van der Waals surface area (Å²) >= 11 is 3.39. The number of benzene rings is 1. The SMILES string of the molecule is CCC(C)NC(N)=NCC(O)(CC)c1ccc(Br)cc1. The van der Waals surface area contributed by atoms with Gasteiger partial charge >= 0.3 is 0 Å². The topological polar surface area (TPSA) is 70.6 Å². The predicted molar refractivity (Wildman–Crippen MR) is 87.7 cm³/mol. The van der Waals surface area contributed by atoms with Gasteiger partial charge in [0.15, 0.2) is 5.96 Å². The van der Waals surface area contributed by atoms with Gasteiger partial charge in [0.1, 0.15) is 5.60 Å². The lowest BCUT2D eigenvalue weighted by Gasteiger charge is -2.26. The van der Waals surface area contributed by atoms with Crippen LogP contribution in [0.5, 0.6) is 0 Å². The molecule has 112 valence electrons. The predicted octanol–water partition coefficient (Wildman–Crippen LogP) is 2.75. The molecule has 0 aromatic heterocycles. The summed E-state index contributed by atoms with van der Waals surface area (Å²) in [5.74, 6) is 0.378. The van der Waals surface area contributed by atoms with Gasteiger partial charge in [-0.3, -0.25) is 4.99 Å². The summed E-state index contributed by atoms with van der Waals surface area (Å²) in [7, 11) is 0. The van der Waals surface area contributed by atoms with Gasteiger partial charge in [-0.25, -0.2) is 0 Å². The van der Waals surface area contributed by atoms with Crippen molar-refractivity contribution in [1.82, 2.24) is 5.32 Å². The molecule has 1 rings (SSSR count). The molecule has 20 heavy (non-hydrogen) atoms. The third kappa shape index (κ3) is 4.80. The minimum atomic E-state index is -0.984. The van der Waals surface area contributed by atoms with Crippen molar-refractivity contribution in [1.29, 1.82) is 0 Å².